The summed E-state index contributed by atoms with van der Waals surface area (Å²) in [6.07, 6.45) is 0. The van der Waals surface area contributed by atoms with Crippen LogP contribution in [0.5, 0.6) is 0 Å². The summed E-state index contributed by atoms with van der Waals surface area (Å²) >= 11 is 0. The number of nitrogens with two attached hydrogens (primary N) is 1. The number of nitrogens with one attached hydrogen (secondary N) is 2. The summed E-state index contributed by atoms with van der Waals surface area (Å²) in [5.74, 6) is -0.418. The molecule has 0 saturated carbocycles. The first-order chi connectivity index (χ1) is 11.2. The highest BCUT2D eigenvalue weighted by atomic mass is 16.3. The fourth-order valence-corrected chi connectivity index (χ4v) is 2.32. The summed E-state index contributed by atoms with van der Waals surface area (Å²) in [5, 5.41) is 16.0. The summed E-state index contributed by atoms with van der Waals surface area (Å²) in [4.78, 5) is 12.2. The molecule has 0 aliphatic heterocycles. The quantitative estimate of drug-likeness (QED) is 0.679. The van der Waals surface area contributed by atoms with Crippen molar-refractivity contribution in [1.82, 2.24) is 0 Å². The Balaban J connectivity index is 2.20. The summed E-state index contributed by atoms with van der Waals surface area (Å²) in [7, 11) is 0. The van der Waals surface area contributed by atoms with Crippen molar-refractivity contribution < 1.29 is 9.90 Å². The molecule has 0 aromatic heterocycles. The molecular formula is C19H25N3O2. The van der Waals surface area contributed by atoms with Crippen molar-refractivity contribution >= 4 is 23.0 Å². The standard InChI is InChI=1S/C19H25N3O2/c1-12-7-5-8-14(11-12)21-15-9-6-10-16(13(15)2)22-18(23)17(20)19(3,4)24/h5-11,17,21,24H,20H2,1-4H3,(H,22,23)/t17-/m1/s1. The SMILES string of the molecule is Cc1cccc(Nc2cccc(NC(=O)[C@@H](N)C(C)(C)O)c2C)c1. The highest BCUT2D eigenvalue weighted by Crippen LogP contribution is 2.27. The minimum atomic E-state index is -1.28. The molecule has 2 rings (SSSR count). The van der Waals surface area contributed by atoms with Crippen LogP contribution < -0.4 is 16.4 Å². The maximum Gasteiger partial charge on any atom is 0.244 e. The Morgan fingerprint density at radius 3 is 2.38 bits per heavy atom. The van der Waals surface area contributed by atoms with Crippen molar-refractivity contribution in [2.24, 2.45) is 5.73 Å². The summed E-state index contributed by atoms with van der Waals surface area (Å²) in [5.41, 5.74) is 9.12. The van der Waals surface area contributed by atoms with Gasteiger partial charge in [-0.3, -0.25) is 4.79 Å². The van der Waals surface area contributed by atoms with Gasteiger partial charge in [0.15, 0.2) is 0 Å². The van der Waals surface area contributed by atoms with E-state index in [-0.39, 0.29) is 0 Å². The van der Waals surface area contributed by atoms with Crippen LogP contribution in [0.1, 0.15) is 25.0 Å². The molecule has 0 fully saturated rings. The zero-order valence-corrected chi connectivity index (χ0v) is 14.6. The molecule has 24 heavy (non-hydrogen) atoms. The smallest absolute Gasteiger partial charge is 0.244 e. The maximum absolute atomic E-state index is 12.2. The molecule has 0 heterocycles. The molecule has 1 atom stereocenters. The fraction of sp³-hybridized carbons (Fsp3) is 0.316. The number of amides is 1. The predicted octanol–water partition coefficient (Wildman–Crippen LogP) is 3.08. The lowest BCUT2D eigenvalue weighted by Gasteiger charge is -2.25. The molecule has 0 bridgehead atoms. The number of anilines is 3. The summed E-state index contributed by atoms with van der Waals surface area (Å²) < 4.78 is 0. The molecular weight excluding hydrogens is 302 g/mol. The van der Waals surface area contributed by atoms with Crippen LogP contribution in [-0.2, 0) is 4.79 Å². The van der Waals surface area contributed by atoms with E-state index in [9.17, 15) is 9.90 Å². The lowest BCUT2D eigenvalue weighted by molar-refractivity contribution is -0.122. The molecule has 0 aliphatic carbocycles. The van der Waals surface area contributed by atoms with Gasteiger partial charge in [0.05, 0.1) is 5.60 Å². The normalized spacial score (nSPS) is 12.6. The molecule has 128 valence electrons. The number of carbonyl (C=O) groups excluding carboxylic acids is 1. The van der Waals surface area contributed by atoms with Gasteiger partial charge >= 0.3 is 0 Å². The average molecular weight is 327 g/mol. The minimum absolute atomic E-state index is 0.418. The monoisotopic (exact) mass is 327 g/mol. The van der Waals surface area contributed by atoms with E-state index in [1.165, 1.54) is 19.4 Å². The van der Waals surface area contributed by atoms with Gasteiger partial charge in [-0.25, -0.2) is 0 Å². The van der Waals surface area contributed by atoms with Crippen LogP contribution >= 0.6 is 0 Å². The Labute approximate surface area is 142 Å². The Bertz CT molecular complexity index is 736. The fourth-order valence-electron chi connectivity index (χ4n) is 2.32. The number of hydrogen-bond donors (Lipinski definition) is 4. The third-order valence-electron chi connectivity index (χ3n) is 3.93. The average Bonchev–Trinajstić information content (AvgIpc) is 2.49. The van der Waals surface area contributed by atoms with Crippen LogP contribution in [0.15, 0.2) is 42.5 Å². The van der Waals surface area contributed by atoms with Crippen molar-refractivity contribution in [2.75, 3.05) is 10.6 Å². The molecule has 0 aliphatic rings. The van der Waals surface area contributed by atoms with Gasteiger partial charge < -0.3 is 21.5 Å². The molecule has 0 unspecified atom stereocenters. The summed E-state index contributed by atoms with van der Waals surface area (Å²) in [6.45, 7) is 6.98. The van der Waals surface area contributed by atoms with Crippen molar-refractivity contribution in [2.45, 2.75) is 39.3 Å². The van der Waals surface area contributed by atoms with Gasteiger partial charge in [0, 0.05) is 17.1 Å². The lowest BCUT2D eigenvalue weighted by atomic mass is 9.99. The van der Waals surface area contributed by atoms with E-state index in [0.29, 0.717) is 5.69 Å². The third-order valence-corrected chi connectivity index (χ3v) is 3.93. The second kappa shape index (κ2) is 7.03. The van der Waals surface area contributed by atoms with Crippen LogP contribution in [0.2, 0.25) is 0 Å². The highest BCUT2D eigenvalue weighted by Gasteiger charge is 2.29. The second-order valence-electron chi connectivity index (χ2n) is 6.59. The number of carbonyl (C=O) groups is 1. The molecule has 0 saturated heterocycles. The molecule has 5 heteroatoms. The maximum atomic E-state index is 12.2. The molecule has 5 N–H and O–H groups in total. The van der Waals surface area contributed by atoms with Crippen molar-refractivity contribution in [3.05, 3.63) is 53.6 Å². The topological polar surface area (TPSA) is 87.4 Å². The molecule has 5 nitrogen and oxygen atoms in total. The van der Waals surface area contributed by atoms with Gasteiger partial charge in [0.25, 0.3) is 0 Å². The van der Waals surface area contributed by atoms with Crippen molar-refractivity contribution in [1.29, 1.82) is 0 Å². The van der Waals surface area contributed by atoms with Crippen molar-refractivity contribution in [3.8, 4) is 0 Å². The molecule has 2 aromatic rings. The molecule has 2 aromatic carbocycles. The van der Waals surface area contributed by atoms with E-state index in [1.54, 1.807) is 0 Å². The third kappa shape index (κ3) is 4.34. The Morgan fingerprint density at radius 2 is 1.75 bits per heavy atom. The number of aryl methyl sites for hydroxylation is 1. The van der Waals surface area contributed by atoms with E-state index in [0.717, 1.165) is 16.9 Å². The van der Waals surface area contributed by atoms with Gasteiger partial charge in [-0.1, -0.05) is 18.2 Å². The second-order valence-corrected chi connectivity index (χ2v) is 6.59. The predicted molar refractivity (Wildman–Crippen MR) is 98.5 cm³/mol. The molecule has 0 radical (unpaired) electrons. The highest BCUT2D eigenvalue weighted by molar-refractivity contribution is 5.96. The van der Waals surface area contributed by atoms with Crippen LogP contribution in [0.25, 0.3) is 0 Å². The molecule has 0 spiro atoms. The first kappa shape index (κ1) is 18.0. The van der Waals surface area contributed by atoms with Gasteiger partial charge in [-0.05, 0) is 63.1 Å². The van der Waals surface area contributed by atoms with E-state index >= 15 is 0 Å². The zero-order chi connectivity index (χ0) is 17.9. The van der Waals surface area contributed by atoms with E-state index in [4.69, 9.17) is 5.73 Å². The van der Waals surface area contributed by atoms with E-state index < -0.39 is 17.6 Å². The van der Waals surface area contributed by atoms with Crippen LogP contribution in [0, 0.1) is 13.8 Å². The van der Waals surface area contributed by atoms with E-state index in [1.807, 2.05) is 50.2 Å². The van der Waals surface area contributed by atoms with Gasteiger partial charge in [-0.2, -0.15) is 0 Å². The first-order valence-corrected chi connectivity index (χ1v) is 7.90. The van der Waals surface area contributed by atoms with Crippen molar-refractivity contribution in [3.63, 3.8) is 0 Å². The Hall–Kier alpha value is -2.37. The Kier molecular flexibility index (Phi) is 5.26. The summed E-state index contributed by atoms with van der Waals surface area (Å²) in [6, 6.07) is 12.7. The zero-order valence-electron chi connectivity index (χ0n) is 14.6. The van der Waals surface area contributed by atoms with E-state index in [2.05, 4.69) is 16.7 Å². The minimum Gasteiger partial charge on any atom is -0.388 e. The first-order valence-electron chi connectivity index (χ1n) is 7.90. The molecule has 1 amide bonds. The van der Waals surface area contributed by atoms with Crippen LogP contribution in [-0.4, -0.2) is 22.7 Å². The Morgan fingerprint density at radius 1 is 1.12 bits per heavy atom. The number of hydrogen-bond acceptors (Lipinski definition) is 4. The lowest BCUT2D eigenvalue weighted by Crippen LogP contribution is -2.51. The van der Waals surface area contributed by atoms with Gasteiger partial charge in [0.2, 0.25) is 5.91 Å². The largest absolute Gasteiger partial charge is 0.388 e. The van der Waals surface area contributed by atoms with Gasteiger partial charge in [0.1, 0.15) is 6.04 Å². The van der Waals surface area contributed by atoms with Gasteiger partial charge in [-0.15, -0.1) is 0 Å². The van der Waals surface area contributed by atoms with Crippen LogP contribution in [0.4, 0.5) is 17.1 Å². The number of rotatable bonds is 5. The number of benzene rings is 2. The van der Waals surface area contributed by atoms with Crippen LogP contribution in [0.3, 0.4) is 0 Å². The number of aliphatic hydroxyl groups is 1.